The van der Waals surface area contributed by atoms with Crippen LogP contribution in [0.15, 0.2) is 34.1 Å². The Morgan fingerprint density at radius 3 is 2.42 bits per heavy atom. The maximum absolute atomic E-state index is 13.5. The van der Waals surface area contributed by atoms with Crippen molar-refractivity contribution in [3.8, 4) is 0 Å². The maximum atomic E-state index is 13.5. The molecule has 0 N–H and O–H groups in total. The molecule has 0 saturated heterocycles. The van der Waals surface area contributed by atoms with E-state index in [0.29, 0.717) is 22.7 Å². The summed E-state index contributed by atoms with van der Waals surface area (Å²) in [4.78, 5) is 12.2. The van der Waals surface area contributed by atoms with Crippen molar-refractivity contribution < 1.29 is 22.4 Å². The van der Waals surface area contributed by atoms with Gasteiger partial charge in [0, 0.05) is 4.47 Å². The fraction of sp³-hybridized carbons (Fsp3) is 0.0833. The van der Waals surface area contributed by atoms with Crippen molar-refractivity contribution >= 4 is 33.0 Å². The summed E-state index contributed by atoms with van der Waals surface area (Å²) >= 11 is 4.12. The highest BCUT2D eigenvalue weighted by Gasteiger charge is 2.32. The van der Waals surface area contributed by atoms with Crippen molar-refractivity contribution in [1.29, 1.82) is 0 Å². The lowest BCUT2D eigenvalue weighted by Crippen LogP contribution is -2.09. The molecule has 0 spiro atoms. The Morgan fingerprint density at radius 2 is 1.89 bits per heavy atom. The van der Waals surface area contributed by atoms with Gasteiger partial charge < -0.3 is 0 Å². The van der Waals surface area contributed by atoms with E-state index in [-0.39, 0.29) is 4.88 Å². The van der Waals surface area contributed by atoms with Crippen molar-refractivity contribution in [2.75, 3.05) is 0 Å². The second-order valence-corrected chi connectivity index (χ2v) is 5.39. The van der Waals surface area contributed by atoms with Gasteiger partial charge >= 0.3 is 6.18 Å². The lowest BCUT2D eigenvalue weighted by Gasteiger charge is -2.08. The first-order valence-electron chi connectivity index (χ1n) is 4.95. The van der Waals surface area contributed by atoms with Crippen LogP contribution in [0.2, 0.25) is 0 Å². The van der Waals surface area contributed by atoms with Crippen molar-refractivity contribution in [1.82, 2.24) is 0 Å². The van der Waals surface area contributed by atoms with E-state index in [9.17, 15) is 22.4 Å². The minimum absolute atomic E-state index is 0.165. The molecule has 1 aromatic heterocycles. The summed E-state index contributed by atoms with van der Waals surface area (Å²) in [5.74, 6) is -1.75. The standard InChI is InChI=1S/C12H5BrF4OS/c13-8-3-4-19-11(8)10(18)7-5-6(12(15,16)17)1-2-9(7)14/h1-5H. The number of benzene rings is 1. The molecule has 7 heteroatoms. The summed E-state index contributed by atoms with van der Waals surface area (Å²) < 4.78 is 51.6. The molecule has 0 amide bonds. The molecule has 0 fully saturated rings. The van der Waals surface area contributed by atoms with Crippen molar-refractivity contribution in [3.05, 3.63) is 55.9 Å². The summed E-state index contributed by atoms with van der Waals surface area (Å²) in [6, 6.07) is 3.36. The number of rotatable bonds is 2. The van der Waals surface area contributed by atoms with E-state index < -0.39 is 28.9 Å². The van der Waals surface area contributed by atoms with Crippen LogP contribution in [-0.2, 0) is 6.18 Å². The molecule has 0 aliphatic rings. The SMILES string of the molecule is O=C(c1cc(C(F)(F)F)ccc1F)c1sccc1Br. The molecule has 0 unspecified atom stereocenters. The molecule has 2 rings (SSSR count). The molecule has 0 saturated carbocycles. The topological polar surface area (TPSA) is 17.1 Å². The van der Waals surface area contributed by atoms with E-state index in [1.165, 1.54) is 0 Å². The smallest absolute Gasteiger partial charge is 0.288 e. The molecule has 0 radical (unpaired) electrons. The zero-order valence-electron chi connectivity index (χ0n) is 9.09. The quantitative estimate of drug-likeness (QED) is 0.555. The molecular weight excluding hydrogens is 348 g/mol. The van der Waals surface area contributed by atoms with Gasteiger partial charge in [-0.05, 0) is 45.6 Å². The van der Waals surface area contributed by atoms with Gasteiger partial charge in [0.05, 0.1) is 16.0 Å². The van der Waals surface area contributed by atoms with Gasteiger partial charge in [0.1, 0.15) is 5.82 Å². The van der Waals surface area contributed by atoms with E-state index >= 15 is 0 Å². The van der Waals surface area contributed by atoms with Crippen LogP contribution in [0.25, 0.3) is 0 Å². The number of carbonyl (C=O) groups excluding carboxylic acids is 1. The molecule has 1 heterocycles. The Balaban J connectivity index is 2.51. The third kappa shape index (κ3) is 2.87. The molecule has 0 aliphatic carbocycles. The number of alkyl halides is 3. The Bertz CT molecular complexity index is 633. The molecule has 19 heavy (non-hydrogen) atoms. The molecule has 1 aromatic carbocycles. The lowest BCUT2D eigenvalue weighted by atomic mass is 10.1. The second kappa shape index (κ2) is 5.05. The molecule has 0 atom stereocenters. The van der Waals surface area contributed by atoms with Crippen LogP contribution in [0.4, 0.5) is 17.6 Å². The van der Waals surface area contributed by atoms with Gasteiger partial charge in [-0.2, -0.15) is 13.2 Å². The fourth-order valence-corrected chi connectivity index (χ4v) is 2.96. The predicted molar refractivity (Wildman–Crippen MR) is 66.9 cm³/mol. The molecule has 0 bridgehead atoms. The predicted octanol–water partition coefficient (Wildman–Crippen LogP) is 4.90. The first-order valence-corrected chi connectivity index (χ1v) is 6.62. The largest absolute Gasteiger partial charge is 0.416 e. The van der Waals surface area contributed by atoms with Gasteiger partial charge in [0.25, 0.3) is 0 Å². The van der Waals surface area contributed by atoms with E-state index in [2.05, 4.69) is 15.9 Å². The molecular formula is C12H5BrF4OS. The fourth-order valence-electron chi connectivity index (χ4n) is 1.45. The number of hydrogen-bond donors (Lipinski definition) is 0. The van der Waals surface area contributed by atoms with E-state index in [4.69, 9.17) is 0 Å². The van der Waals surface area contributed by atoms with Gasteiger partial charge in [-0.3, -0.25) is 4.79 Å². The van der Waals surface area contributed by atoms with Crippen LogP contribution in [0, 0.1) is 5.82 Å². The van der Waals surface area contributed by atoms with E-state index in [0.717, 1.165) is 11.3 Å². The van der Waals surface area contributed by atoms with Gasteiger partial charge in [-0.25, -0.2) is 4.39 Å². The van der Waals surface area contributed by atoms with E-state index in [1.54, 1.807) is 11.4 Å². The first kappa shape index (κ1) is 14.2. The normalized spacial score (nSPS) is 11.6. The van der Waals surface area contributed by atoms with Crippen LogP contribution in [-0.4, -0.2) is 5.78 Å². The highest BCUT2D eigenvalue weighted by atomic mass is 79.9. The van der Waals surface area contributed by atoms with Crippen molar-refractivity contribution in [2.24, 2.45) is 0 Å². The summed E-state index contributed by atoms with van der Waals surface area (Å²) in [5.41, 5.74) is -1.64. The molecule has 0 aliphatic heterocycles. The average molecular weight is 353 g/mol. The number of thiophene rings is 1. The van der Waals surface area contributed by atoms with Crippen molar-refractivity contribution in [3.63, 3.8) is 0 Å². The number of halogens is 5. The summed E-state index contributed by atoms with van der Waals surface area (Å²) in [7, 11) is 0. The number of carbonyl (C=O) groups is 1. The van der Waals surface area contributed by atoms with Crippen LogP contribution < -0.4 is 0 Å². The monoisotopic (exact) mass is 352 g/mol. The number of hydrogen-bond acceptors (Lipinski definition) is 2. The molecule has 2 aromatic rings. The average Bonchev–Trinajstić information content (AvgIpc) is 2.73. The van der Waals surface area contributed by atoms with Crippen LogP contribution in [0.5, 0.6) is 0 Å². The number of ketones is 1. The Morgan fingerprint density at radius 1 is 1.21 bits per heavy atom. The van der Waals surface area contributed by atoms with Gasteiger partial charge in [-0.15, -0.1) is 11.3 Å². The highest BCUT2D eigenvalue weighted by molar-refractivity contribution is 9.10. The highest BCUT2D eigenvalue weighted by Crippen LogP contribution is 2.32. The maximum Gasteiger partial charge on any atom is 0.416 e. The second-order valence-electron chi connectivity index (χ2n) is 3.62. The minimum atomic E-state index is -4.62. The van der Waals surface area contributed by atoms with E-state index in [1.807, 2.05) is 0 Å². The van der Waals surface area contributed by atoms with Crippen LogP contribution in [0.1, 0.15) is 20.8 Å². The van der Waals surface area contributed by atoms with Gasteiger partial charge in [-0.1, -0.05) is 0 Å². The Hall–Kier alpha value is -1.21. The van der Waals surface area contributed by atoms with Crippen molar-refractivity contribution in [2.45, 2.75) is 6.18 Å². The Kier molecular flexibility index (Phi) is 3.78. The third-order valence-electron chi connectivity index (χ3n) is 2.36. The summed E-state index contributed by atoms with van der Waals surface area (Å²) in [6.07, 6.45) is -4.62. The van der Waals surface area contributed by atoms with Gasteiger partial charge in [0.2, 0.25) is 5.78 Å². The summed E-state index contributed by atoms with van der Waals surface area (Å²) in [6.45, 7) is 0. The van der Waals surface area contributed by atoms with Gasteiger partial charge in [0.15, 0.2) is 0 Å². The Labute approximate surface area is 118 Å². The summed E-state index contributed by atoms with van der Waals surface area (Å²) in [5, 5.41) is 1.59. The zero-order chi connectivity index (χ0) is 14.2. The van der Waals surface area contributed by atoms with Crippen LogP contribution in [0.3, 0.4) is 0 Å². The van der Waals surface area contributed by atoms with Crippen LogP contribution >= 0.6 is 27.3 Å². The first-order chi connectivity index (χ1) is 8.80. The molecule has 1 nitrogen and oxygen atoms in total. The third-order valence-corrected chi connectivity index (χ3v) is 4.20. The molecule has 100 valence electrons. The lowest BCUT2D eigenvalue weighted by molar-refractivity contribution is -0.137. The zero-order valence-corrected chi connectivity index (χ0v) is 11.5. The minimum Gasteiger partial charge on any atom is -0.288 e.